The molecule has 2 unspecified atom stereocenters. The number of nitrogens with zero attached hydrogens (tertiary/aromatic N) is 3. The molecule has 1 aliphatic heterocycles. The minimum Gasteiger partial charge on any atom is -0.339 e. The predicted octanol–water partition coefficient (Wildman–Crippen LogP) is 3.37. The highest BCUT2D eigenvalue weighted by atomic mass is 32.1. The molecule has 1 aromatic carbocycles. The Kier molecular flexibility index (Phi) is 4.86. The highest BCUT2D eigenvalue weighted by molar-refractivity contribution is 7.10. The first-order chi connectivity index (χ1) is 14.6. The van der Waals surface area contributed by atoms with Crippen LogP contribution in [0, 0.1) is 11.7 Å². The molecule has 6 nitrogen and oxygen atoms in total. The third-order valence-corrected chi connectivity index (χ3v) is 6.85. The minimum absolute atomic E-state index is 0.0942. The molecule has 2 fully saturated rings. The summed E-state index contributed by atoms with van der Waals surface area (Å²) in [6, 6.07) is 11.8. The number of piperazine rings is 1. The lowest BCUT2D eigenvalue weighted by Gasteiger charge is -2.34. The van der Waals surface area contributed by atoms with Crippen LogP contribution in [0.3, 0.4) is 0 Å². The van der Waals surface area contributed by atoms with Crippen LogP contribution < -0.4 is 0 Å². The number of carbonyl (C=O) groups is 2. The number of carbonyl (C=O) groups excluding carboxylic acids is 2. The molecule has 8 heteroatoms. The summed E-state index contributed by atoms with van der Waals surface area (Å²) in [5, 5.41) is 9.02. The molecule has 2 amide bonds. The van der Waals surface area contributed by atoms with Gasteiger partial charge in [0.1, 0.15) is 11.5 Å². The number of H-pyrrole nitrogens is 1. The van der Waals surface area contributed by atoms with Crippen molar-refractivity contribution in [3.05, 3.63) is 64.2 Å². The topological polar surface area (TPSA) is 69.3 Å². The third-order valence-electron chi connectivity index (χ3n) is 5.84. The first kappa shape index (κ1) is 19.0. The van der Waals surface area contributed by atoms with E-state index in [9.17, 15) is 14.0 Å². The summed E-state index contributed by atoms with van der Waals surface area (Å²) in [5.74, 6) is 0.223. The van der Waals surface area contributed by atoms with Crippen molar-refractivity contribution in [3.8, 4) is 11.3 Å². The molecule has 0 radical (unpaired) electrons. The zero-order valence-corrected chi connectivity index (χ0v) is 17.1. The van der Waals surface area contributed by atoms with E-state index < -0.39 is 0 Å². The van der Waals surface area contributed by atoms with Gasteiger partial charge in [0.2, 0.25) is 5.91 Å². The number of benzene rings is 1. The molecular formula is C22H21FN4O2S. The monoisotopic (exact) mass is 424 g/mol. The van der Waals surface area contributed by atoms with Crippen LogP contribution >= 0.6 is 11.3 Å². The Morgan fingerprint density at radius 2 is 1.80 bits per heavy atom. The molecule has 1 N–H and O–H groups in total. The van der Waals surface area contributed by atoms with Gasteiger partial charge in [-0.05, 0) is 48.2 Å². The third kappa shape index (κ3) is 3.63. The van der Waals surface area contributed by atoms with Crippen LogP contribution in [-0.2, 0) is 4.79 Å². The summed E-state index contributed by atoms with van der Waals surface area (Å²) in [7, 11) is 0. The second kappa shape index (κ2) is 7.68. The van der Waals surface area contributed by atoms with Gasteiger partial charge in [-0.15, -0.1) is 11.3 Å². The standard InChI is InChI=1S/C22H21FN4O2S/c23-15-5-3-14(4-6-15)18-13-19(25-24-18)22(29)27-9-7-26(8-10-27)21(28)17-12-16(17)20-2-1-11-30-20/h1-6,11,13,16-17H,7-10,12H2,(H,24,25). The highest BCUT2D eigenvalue weighted by Crippen LogP contribution is 2.50. The van der Waals surface area contributed by atoms with Crippen LogP contribution in [0.15, 0.2) is 47.8 Å². The van der Waals surface area contributed by atoms with E-state index in [2.05, 4.69) is 21.6 Å². The van der Waals surface area contributed by atoms with E-state index in [0.717, 1.165) is 12.0 Å². The zero-order chi connectivity index (χ0) is 20.7. The number of thiophene rings is 1. The molecule has 0 spiro atoms. The molecular weight excluding hydrogens is 403 g/mol. The molecule has 2 aromatic heterocycles. The summed E-state index contributed by atoms with van der Waals surface area (Å²) in [5.41, 5.74) is 1.74. The average molecular weight is 425 g/mol. The summed E-state index contributed by atoms with van der Waals surface area (Å²) in [6.45, 7) is 2.12. The SMILES string of the molecule is O=C(c1cc(-c2ccc(F)cc2)n[nH]1)N1CCN(C(=O)C2CC2c2cccs2)CC1. The van der Waals surface area contributed by atoms with Gasteiger partial charge in [0, 0.05) is 48.5 Å². The summed E-state index contributed by atoms with van der Waals surface area (Å²) in [6.07, 6.45) is 0.929. The van der Waals surface area contributed by atoms with Crippen LogP contribution in [0.25, 0.3) is 11.3 Å². The van der Waals surface area contributed by atoms with Gasteiger partial charge < -0.3 is 9.80 Å². The van der Waals surface area contributed by atoms with Crippen molar-refractivity contribution in [3.63, 3.8) is 0 Å². The largest absolute Gasteiger partial charge is 0.339 e. The van der Waals surface area contributed by atoms with Gasteiger partial charge in [-0.25, -0.2) is 4.39 Å². The van der Waals surface area contributed by atoms with E-state index in [4.69, 9.17) is 0 Å². The number of aromatic nitrogens is 2. The van der Waals surface area contributed by atoms with Crippen LogP contribution in [-0.4, -0.2) is 58.0 Å². The van der Waals surface area contributed by atoms with Crippen molar-refractivity contribution in [2.75, 3.05) is 26.2 Å². The van der Waals surface area contributed by atoms with Crippen molar-refractivity contribution in [2.24, 2.45) is 5.92 Å². The Hall–Kier alpha value is -3.00. The van der Waals surface area contributed by atoms with E-state index in [0.29, 0.717) is 43.5 Å². The number of rotatable bonds is 4. The maximum atomic E-state index is 13.1. The molecule has 3 aromatic rings. The van der Waals surface area contributed by atoms with Gasteiger partial charge in [-0.1, -0.05) is 6.07 Å². The van der Waals surface area contributed by atoms with Crippen molar-refractivity contribution in [1.29, 1.82) is 0 Å². The summed E-state index contributed by atoms with van der Waals surface area (Å²) < 4.78 is 13.1. The van der Waals surface area contributed by atoms with Gasteiger partial charge in [0.25, 0.3) is 5.91 Å². The number of aromatic amines is 1. The van der Waals surface area contributed by atoms with E-state index in [1.807, 2.05) is 11.0 Å². The van der Waals surface area contributed by atoms with Crippen LogP contribution in [0.4, 0.5) is 4.39 Å². The Labute approximate surface area is 177 Å². The Balaban J connectivity index is 1.17. The first-order valence-electron chi connectivity index (χ1n) is 10.0. The average Bonchev–Trinajstić information content (AvgIpc) is 3.17. The van der Waals surface area contributed by atoms with Crippen molar-refractivity contribution in [1.82, 2.24) is 20.0 Å². The number of nitrogens with one attached hydrogen (secondary N) is 1. The van der Waals surface area contributed by atoms with Crippen molar-refractivity contribution < 1.29 is 14.0 Å². The fraction of sp³-hybridized carbons (Fsp3) is 0.318. The summed E-state index contributed by atoms with van der Waals surface area (Å²) in [4.78, 5) is 30.5. The second-order valence-corrected chi connectivity index (χ2v) is 8.73. The van der Waals surface area contributed by atoms with Crippen molar-refractivity contribution in [2.45, 2.75) is 12.3 Å². The number of hydrogen-bond donors (Lipinski definition) is 1. The van der Waals surface area contributed by atoms with Crippen LogP contribution in [0.2, 0.25) is 0 Å². The van der Waals surface area contributed by atoms with Gasteiger partial charge in [0.15, 0.2) is 0 Å². The number of hydrogen-bond acceptors (Lipinski definition) is 4. The molecule has 0 bridgehead atoms. The molecule has 2 aliphatic rings. The Bertz CT molecular complexity index is 1060. The molecule has 1 saturated heterocycles. The molecule has 5 rings (SSSR count). The van der Waals surface area contributed by atoms with Gasteiger partial charge >= 0.3 is 0 Å². The van der Waals surface area contributed by atoms with E-state index in [-0.39, 0.29) is 23.5 Å². The van der Waals surface area contributed by atoms with E-state index >= 15 is 0 Å². The Morgan fingerprint density at radius 1 is 1.07 bits per heavy atom. The first-order valence-corrected chi connectivity index (χ1v) is 10.9. The maximum Gasteiger partial charge on any atom is 0.272 e. The Morgan fingerprint density at radius 3 is 2.50 bits per heavy atom. The lowest BCUT2D eigenvalue weighted by atomic mass is 10.1. The number of halogens is 1. The number of amides is 2. The molecule has 154 valence electrons. The van der Waals surface area contributed by atoms with Crippen molar-refractivity contribution >= 4 is 23.2 Å². The summed E-state index contributed by atoms with van der Waals surface area (Å²) >= 11 is 1.71. The molecule has 1 saturated carbocycles. The second-order valence-electron chi connectivity index (χ2n) is 7.76. The molecule has 1 aliphatic carbocycles. The van der Waals surface area contributed by atoms with E-state index in [1.54, 1.807) is 34.4 Å². The highest BCUT2D eigenvalue weighted by Gasteiger charge is 2.46. The van der Waals surface area contributed by atoms with Gasteiger partial charge in [-0.2, -0.15) is 5.10 Å². The van der Waals surface area contributed by atoms with Gasteiger partial charge in [-0.3, -0.25) is 14.7 Å². The molecule has 3 heterocycles. The quantitative estimate of drug-likeness (QED) is 0.698. The molecule has 2 atom stereocenters. The fourth-order valence-corrected chi connectivity index (χ4v) is 4.93. The lowest BCUT2D eigenvalue weighted by molar-refractivity contribution is -0.134. The normalized spacial score (nSPS) is 21.0. The smallest absolute Gasteiger partial charge is 0.272 e. The van der Waals surface area contributed by atoms with Gasteiger partial charge in [0.05, 0.1) is 5.69 Å². The fourth-order valence-electron chi connectivity index (χ4n) is 4.02. The van der Waals surface area contributed by atoms with Crippen LogP contribution in [0.5, 0.6) is 0 Å². The molecule has 30 heavy (non-hydrogen) atoms. The minimum atomic E-state index is -0.314. The van der Waals surface area contributed by atoms with E-state index in [1.165, 1.54) is 17.0 Å². The van der Waals surface area contributed by atoms with Crippen LogP contribution in [0.1, 0.15) is 27.7 Å². The lowest BCUT2D eigenvalue weighted by Crippen LogP contribution is -2.51. The zero-order valence-electron chi connectivity index (χ0n) is 16.3. The maximum absolute atomic E-state index is 13.1. The predicted molar refractivity (Wildman–Crippen MR) is 112 cm³/mol.